The number of amides is 1. The molecule has 0 radical (unpaired) electrons. The van der Waals surface area contributed by atoms with Crippen molar-refractivity contribution in [3.8, 4) is 0 Å². The zero-order chi connectivity index (χ0) is 15.0. The minimum atomic E-state index is -0.333. The van der Waals surface area contributed by atoms with E-state index in [0.29, 0.717) is 16.5 Å². The molecule has 0 saturated carbocycles. The Morgan fingerprint density at radius 3 is 3.00 bits per heavy atom. The Balaban J connectivity index is 2.18. The van der Waals surface area contributed by atoms with Crippen LogP contribution in [0, 0.1) is 5.82 Å². The second-order valence-electron chi connectivity index (χ2n) is 5.71. The average Bonchev–Trinajstić information content (AvgIpc) is 2.92. The van der Waals surface area contributed by atoms with Gasteiger partial charge < -0.3 is 5.32 Å². The normalized spacial score (nSPS) is 15.0. The number of carbonyl (C=O) groups excluding carboxylic acids is 1. The Kier molecular flexibility index (Phi) is 3.62. The van der Waals surface area contributed by atoms with E-state index in [4.69, 9.17) is 0 Å². The van der Waals surface area contributed by atoms with Gasteiger partial charge in [-0.15, -0.1) is 0 Å². The molecule has 0 unspecified atom stereocenters. The summed E-state index contributed by atoms with van der Waals surface area (Å²) in [6, 6.07) is 4.58. The highest BCUT2D eigenvalue weighted by molar-refractivity contribution is 6.08. The van der Waals surface area contributed by atoms with Gasteiger partial charge in [-0.1, -0.05) is 6.92 Å². The lowest BCUT2D eigenvalue weighted by Crippen LogP contribution is -2.32. The van der Waals surface area contributed by atoms with Crippen molar-refractivity contribution in [1.82, 2.24) is 10.3 Å². The van der Waals surface area contributed by atoms with Gasteiger partial charge in [-0.2, -0.15) is 0 Å². The fraction of sp³-hybridized carbons (Fsp3) is 0.412. The van der Waals surface area contributed by atoms with Crippen molar-refractivity contribution in [2.75, 3.05) is 0 Å². The van der Waals surface area contributed by atoms with Crippen LogP contribution >= 0.6 is 0 Å². The maximum Gasteiger partial charge on any atom is 0.252 e. The third kappa shape index (κ3) is 2.50. The van der Waals surface area contributed by atoms with Gasteiger partial charge in [0.05, 0.1) is 11.1 Å². The van der Waals surface area contributed by atoms with E-state index in [2.05, 4.69) is 10.3 Å². The van der Waals surface area contributed by atoms with Gasteiger partial charge in [0.2, 0.25) is 0 Å². The van der Waals surface area contributed by atoms with Gasteiger partial charge >= 0.3 is 0 Å². The van der Waals surface area contributed by atoms with Crippen LogP contribution in [-0.2, 0) is 12.8 Å². The van der Waals surface area contributed by atoms with Gasteiger partial charge in [0, 0.05) is 17.1 Å². The van der Waals surface area contributed by atoms with Crippen LogP contribution in [0.5, 0.6) is 0 Å². The first kappa shape index (κ1) is 14.0. The molecule has 1 N–H and O–H groups in total. The van der Waals surface area contributed by atoms with Crippen LogP contribution in [0.2, 0.25) is 0 Å². The van der Waals surface area contributed by atoms with Crippen molar-refractivity contribution in [2.45, 2.75) is 45.6 Å². The molecule has 3 rings (SSSR count). The Morgan fingerprint density at radius 2 is 2.24 bits per heavy atom. The summed E-state index contributed by atoms with van der Waals surface area (Å²) < 4.78 is 13.6. The van der Waals surface area contributed by atoms with Crippen molar-refractivity contribution < 1.29 is 9.18 Å². The molecule has 1 atom stereocenters. The molecule has 110 valence electrons. The lowest BCUT2D eigenvalue weighted by atomic mass is 10.00. The molecular weight excluding hydrogens is 267 g/mol. The summed E-state index contributed by atoms with van der Waals surface area (Å²) in [5, 5.41) is 3.62. The molecule has 21 heavy (non-hydrogen) atoms. The van der Waals surface area contributed by atoms with E-state index in [1.54, 1.807) is 6.07 Å². The maximum atomic E-state index is 13.6. The largest absolute Gasteiger partial charge is 0.350 e. The first-order valence-electron chi connectivity index (χ1n) is 7.52. The monoisotopic (exact) mass is 286 g/mol. The zero-order valence-electron chi connectivity index (χ0n) is 12.4. The average molecular weight is 286 g/mol. The summed E-state index contributed by atoms with van der Waals surface area (Å²) in [6.07, 6.45) is 3.61. The van der Waals surface area contributed by atoms with E-state index in [0.717, 1.165) is 36.9 Å². The number of aryl methyl sites for hydroxylation is 1. The van der Waals surface area contributed by atoms with E-state index in [1.165, 1.54) is 12.1 Å². The highest BCUT2D eigenvalue weighted by atomic mass is 19.1. The number of aromatic nitrogens is 1. The number of halogens is 1. The molecule has 4 heteroatoms. The molecule has 3 nitrogen and oxygen atoms in total. The minimum absolute atomic E-state index is 0.103. The Labute approximate surface area is 123 Å². The molecule has 1 amide bonds. The fourth-order valence-corrected chi connectivity index (χ4v) is 2.89. The minimum Gasteiger partial charge on any atom is -0.350 e. The molecule has 0 aliphatic heterocycles. The molecule has 2 aromatic rings. The number of carbonyl (C=O) groups is 1. The number of benzene rings is 1. The standard InChI is InChI=1S/C17H19FN2O/c1-3-10(2)19-17(21)16-12-5-4-6-14(12)20-15-8-7-11(18)9-13(15)16/h7-10H,3-6H2,1-2H3,(H,19,21)/t10-/m0/s1. The zero-order valence-corrected chi connectivity index (χ0v) is 12.4. The predicted molar refractivity (Wildman–Crippen MR) is 80.9 cm³/mol. The number of pyridine rings is 1. The summed E-state index contributed by atoms with van der Waals surface area (Å²) in [7, 11) is 0. The van der Waals surface area contributed by atoms with Crippen molar-refractivity contribution in [3.63, 3.8) is 0 Å². The summed E-state index contributed by atoms with van der Waals surface area (Å²) in [4.78, 5) is 17.2. The van der Waals surface area contributed by atoms with E-state index >= 15 is 0 Å². The topological polar surface area (TPSA) is 42.0 Å². The first-order chi connectivity index (χ1) is 10.1. The molecule has 1 heterocycles. The van der Waals surface area contributed by atoms with Gasteiger partial charge in [0.15, 0.2) is 0 Å². The summed E-state index contributed by atoms with van der Waals surface area (Å²) in [6.45, 7) is 4.00. The number of hydrogen-bond acceptors (Lipinski definition) is 2. The number of fused-ring (bicyclic) bond motifs is 2. The molecule has 0 bridgehead atoms. The lowest BCUT2D eigenvalue weighted by Gasteiger charge is -2.16. The molecule has 1 aromatic carbocycles. The lowest BCUT2D eigenvalue weighted by molar-refractivity contribution is 0.0940. The quantitative estimate of drug-likeness (QED) is 0.939. The SMILES string of the molecule is CC[C@H](C)NC(=O)c1c2c(nc3ccc(F)cc13)CCC2. The number of nitrogens with one attached hydrogen (secondary N) is 1. The predicted octanol–water partition coefficient (Wildman–Crippen LogP) is 3.39. The van der Waals surface area contributed by atoms with Gasteiger partial charge in [0.25, 0.3) is 5.91 Å². The van der Waals surface area contributed by atoms with Crippen molar-refractivity contribution in [3.05, 3.63) is 40.8 Å². The van der Waals surface area contributed by atoms with Crippen molar-refractivity contribution in [1.29, 1.82) is 0 Å². The van der Waals surface area contributed by atoms with Gasteiger partial charge in [0.1, 0.15) is 5.82 Å². The molecule has 0 saturated heterocycles. The highest BCUT2D eigenvalue weighted by Crippen LogP contribution is 2.30. The maximum absolute atomic E-state index is 13.6. The summed E-state index contributed by atoms with van der Waals surface area (Å²) in [5.41, 5.74) is 3.30. The van der Waals surface area contributed by atoms with Gasteiger partial charge in [-0.25, -0.2) is 4.39 Å². The van der Waals surface area contributed by atoms with Crippen molar-refractivity contribution >= 4 is 16.8 Å². The molecule has 1 aliphatic rings. The number of hydrogen-bond donors (Lipinski definition) is 1. The van der Waals surface area contributed by atoms with Crippen LogP contribution in [0.15, 0.2) is 18.2 Å². The number of rotatable bonds is 3. The molecule has 0 fully saturated rings. The molecular formula is C17H19FN2O. The Morgan fingerprint density at radius 1 is 1.43 bits per heavy atom. The van der Waals surface area contributed by atoms with Crippen LogP contribution < -0.4 is 5.32 Å². The Bertz CT molecular complexity index is 711. The second-order valence-corrected chi connectivity index (χ2v) is 5.71. The summed E-state index contributed by atoms with van der Waals surface area (Å²) in [5.74, 6) is -0.444. The smallest absolute Gasteiger partial charge is 0.252 e. The van der Waals surface area contributed by atoms with Crippen LogP contribution in [-0.4, -0.2) is 16.9 Å². The van der Waals surface area contributed by atoms with Gasteiger partial charge in [-0.05, 0) is 56.4 Å². The van der Waals surface area contributed by atoms with E-state index in [1.807, 2.05) is 13.8 Å². The van der Waals surface area contributed by atoms with Crippen LogP contribution in [0.3, 0.4) is 0 Å². The van der Waals surface area contributed by atoms with Crippen LogP contribution in [0.4, 0.5) is 4.39 Å². The van der Waals surface area contributed by atoms with Crippen molar-refractivity contribution in [2.24, 2.45) is 0 Å². The fourth-order valence-electron chi connectivity index (χ4n) is 2.89. The summed E-state index contributed by atoms with van der Waals surface area (Å²) >= 11 is 0. The third-order valence-corrected chi connectivity index (χ3v) is 4.19. The molecule has 0 spiro atoms. The first-order valence-corrected chi connectivity index (χ1v) is 7.52. The van der Waals surface area contributed by atoms with Gasteiger partial charge in [-0.3, -0.25) is 9.78 Å². The highest BCUT2D eigenvalue weighted by Gasteiger charge is 2.24. The van der Waals surface area contributed by atoms with Crippen LogP contribution in [0.25, 0.3) is 10.9 Å². The Hall–Kier alpha value is -1.97. The van der Waals surface area contributed by atoms with E-state index in [-0.39, 0.29) is 17.8 Å². The second kappa shape index (κ2) is 5.43. The van der Waals surface area contributed by atoms with Crippen LogP contribution in [0.1, 0.15) is 48.3 Å². The number of nitrogens with zero attached hydrogens (tertiary/aromatic N) is 1. The van der Waals surface area contributed by atoms with E-state index < -0.39 is 0 Å². The van der Waals surface area contributed by atoms with E-state index in [9.17, 15) is 9.18 Å². The molecule has 1 aromatic heterocycles. The third-order valence-electron chi connectivity index (χ3n) is 4.19. The molecule has 1 aliphatic carbocycles.